The second-order valence-corrected chi connectivity index (χ2v) is 12.0. The summed E-state index contributed by atoms with van der Waals surface area (Å²) in [7, 11) is -1.70. The maximum Gasteiger partial charge on any atom is 0.303 e. The first-order valence-corrected chi connectivity index (χ1v) is 14.3. The van der Waals surface area contributed by atoms with E-state index < -0.39 is 21.9 Å². The van der Waals surface area contributed by atoms with Gasteiger partial charge in [-0.15, -0.1) is 0 Å². The van der Waals surface area contributed by atoms with Crippen molar-refractivity contribution in [3.8, 4) is 0 Å². The van der Waals surface area contributed by atoms with E-state index in [0.29, 0.717) is 16.5 Å². The number of carbonyl (C=O) groups excluding carboxylic acids is 2. The first kappa shape index (κ1) is 26.9. The van der Waals surface area contributed by atoms with Gasteiger partial charge in [-0.1, -0.05) is 48.0 Å². The number of hydrogen-bond acceptors (Lipinski definition) is 6. The number of pyridine rings is 1. The zero-order valence-electron chi connectivity index (χ0n) is 21.8. The highest BCUT2D eigenvalue weighted by atomic mass is 35.5. The first-order valence-electron chi connectivity index (χ1n) is 12.5. The van der Waals surface area contributed by atoms with Gasteiger partial charge in [-0.05, 0) is 24.3 Å². The molecule has 0 saturated heterocycles. The Kier molecular flexibility index (Phi) is 6.52. The fraction of sp³-hybridized carbons (Fsp3) is 0.138. The van der Waals surface area contributed by atoms with E-state index in [1.54, 1.807) is 30.4 Å². The van der Waals surface area contributed by atoms with E-state index in [4.69, 9.17) is 16.0 Å². The third-order valence-electron chi connectivity index (χ3n) is 6.98. The zero-order valence-corrected chi connectivity index (χ0v) is 23.4. The van der Waals surface area contributed by atoms with Gasteiger partial charge in [0.25, 0.3) is 5.91 Å². The van der Waals surface area contributed by atoms with Crippen molar-refractivity contribution >= 4 is 71.8 Å². The molecule has 5 aromatic rings. The monoisotopic (exact) mass is 592 g/mol. The van der Waals surface area contributed by atoms with Gasteiger partial charge in [-0.3, -0.25) is 9.59 Å². The van der Waals surface area contributed by atoms with Gasteiger partial charge in [0.05, 0.1) is 34.6 Å². The van der Waals surface area contributed by atoms with Gasteiger partial charge in [0.2, 0.25) is 0 Å². The Morgan fingerprint density at radius 1 is 1.22 bits per heavy atom. The maximum absolute atomic E-state index is 15.4. The lowest BCUT2D eigenvalue weighted by atomic mass is 9.93. The van der Waals surface area contributed by atoms with E-state index in [0.717, 1.165) is 9.69 Å². The molecule has 208 valence electrons. The fourth-order valence-corrected chi connectivity index (χ4v) is 5.73. The van der Waals surface area contributed by atoms with Crippen LogP contribution in [0.1, 0.15) is 28.0 Å². The Hall–Kier alpha value is -4.32. The third-order valence-corrected chi connectivity index (χ3v) is 8.72. The average molecular weight is 593 g/mol. The topological polar surface area (TPSA) is 115 Å². The number of ketones is 1. The molecule has 1 amide bonds. The van der Waals surface area contributed by atoms with Crippen molar-refractivity contribution in [2.24, 2.45) is 0 Å². The van der Waals surface area contributed by atoms with E-state index in [-0.39, 0.29) is 57.2 Å². The van der Waals surface area contributed by atoms with Crippen molar-refractivity contribution in [3.05, 3.63) is 94.7 Å². The van der Waals surface area contributed by atoms with Crippen LogP contribution in [0.15, 0.2) is 71.4 Å². The second-order valence-electron chi connectivity index (χ2n) is 9.71. The molecule has 2 aromatic carbocycles. The van der Waals surface area contributed by atoms with Crippen molar-refractivity contribution in [1.29, 1.82) is 0 Å². The maximum atomic E-state index is 15.4. The zero-order chi connectivity index (χ0) is 29.1. The van der Waals surface area contributed by atoms with Crippen LogP contribution < -0.4 is 4.72 Å². The number of nitrogens with one attached hydrogen (secondary N) is 1. The van der Waals surface area contributed by atoms with Crippen LogP contribution in [-0.2, 0) is 21.5 Å². The summed E-state index contributed by atoms with van der Waals surface area (Å²) >= 11 is 6.58. The molecule has 0 bridgehead atoms. The van der Waals surface area contributed by atoms with Crippen LogP contribution in [0, 0.1) is 5.82 Å². The van der Waals surface area contributed by atoms with Crippen molar-refractivity contribution in [1.82, 2.24) is 18.6 Å². The molecule has 0 atom stereocenters. The van der Waals surface area contributed by atoms with Gasteiger partial charge in [0, 0.05) is 42.6 Å². The van der Waals surface area contributed by atoms with Crippen LogP contribution in [0.2, 0.25) is 5.15 Å². The number of allylic oxidation sites excluding steroid dienone is 4. The van der Waals surface area contributed by atoms with E-state index in [2.05, 4.69) is 9.71 Å². The average Bonchev–Trinajstić information content (AvgIpc) is 3.53. The summed E-state index contributed by atoms with van der Waals surface area (Å²) in [5.41, 5.74) is 1.59. The number of para-hydroxylation sites is 1. The predicted octanol–water partition coefficient (Wildman–Crippen LogP) is 5.23. The van der Waals surface area contributed by atoms with Crippen molar-refractivity contribution in [2.75, 3.05) is 14.1 Å². The Bertz CT molecular complexity index is 2090. The number of aromatic nitrogens is 2. The predicted molar refractivity (Wildman–Crippen MR) is 154 cm³/mol. The summed E-state index contributed by atoms with van der Waals surface area (Å²) in [6, 6.07) is 11.8. The fourth-order valence-electron chi connectivity index (χ4n) is 5.01. The highest BCUT2D eigenvalue weighted by molar-refractivity contribution is 7.87. The Labute approximate surface area is 238 Å². The number of fused-ring (bicyclic) bond motifs is 4. The molecule has 0 saturated carbocycles. The molecule has 3 heterocycles. The minimum atomic E-state index is -4.24. The van der Waals surface area contributed by atoms with E-state index in [1.807, 2.05) is 18.2 Å². The molecular weight excluding hydrogens is 571 g/mol. The minimum Gasteiger partial charge on any atom is -0.463 e. The number of furan rings is 1. The standard InChI is InChI=1S/C29H22ClFN4O5S/c1-34(2)41(38,39)33-29(37)26-24(19-8-4-6-10-23(19)36)25-22(14-20(31)18-11-12-40-27(18)25)35(26)15-17-13-16-7-3-5-9-21(16)32-28(17)30/h3-9,11-14H,10,15H2,1-2H3,(H,33,37). The molecule has 3 aromatic heterocycles. The molecule has 0 fully saturated rings. The largest absolute Gasteiger partial charge is 0.463 e. The van der Waals surface area contributed by atoms with Gasteiger partial charge >= 0.3 is 10.2 Å². The van der Waals surface area contributed by atoms with E-state index in [9.17, 15) is 18.0 Å². The normalized spacial score (nSPS) is 14.0. The van der Waals surface area contributed by atoms with Crippen molar-refractivity contribution in [3.63, 3.8) is 0 Å². The number of carbonyl (C=O) groups is 2. The number of nitrogens with zero attached hydrogens (tertiary/aromatic N) is 3. The lowest BCUT2D eigenvalue weighted by Gasteiger charge is -2.17. The summed E-state index contributed by atoms with van der Waals surface area (Å²) in [6.45, 7) is -0.0963. The number of rotatable bonds is 6. The molecule has 0 radical (unpaired) electrons. The van der Waals surface area contributed by atoms with Gasteiger partial charge < -0.3 is 8.98 Å². The molecule has 1 N–H and O–H groups in total. The lowest BCUT2D eigenvalue weighted by molar-refractivity contribution is -0.113. The van der Waals surface area contributed by atoms with Crippen molar-refractivity contribution in [2.45, 2.75) is 13.0 Å². The molecule has 9 nitrogen and oxygen atoms in total. The van der Waals surface area contributed by atoms with Crippen LogP contribution in [0.5, 0.6) is 0 Å². The highest BCUT2D eigenvalue weighted by Gasteiger charge is 2.33. The highest BCUT2D eigenvalue weighted by Crippen LogP contribution is 2.40. The number of Topliss-reactive ketones (excluding diaryl/α,β-unsaturated/α-hetero) is 1. The Morgan fingerprint density at radius 3 is 2.76 bits per heavy atom. The van der Waals surface area contributed by atoms with Crippen LogP contribution in [-0.4, -0.2) is 48.1 Å². The van der Waals surface area contributed by atoms with Gasteiger partial charge in [0.1, 0.15) is 22.2 Å². The number of benzene rings is 2. The molecule has 0 aliphatic heterocycles. The van der Waals surface area contributed by atoms with Crippen molar-refractivity contribution < 1.29 is 26.8 Å². The Balaban J connectivity index is 1.71. The summed E-state index contributed by atoms with van der Waals surface area (Å²) < 4.78 is 50.9. The summed E-state index contributed by atoms with van der Waals surface area (Å²) in [5, 5.41) is 1.36. The molecule has 0 spiro atoms. The Morgan fingerprint density at radius 2 is 2.00 bits per heavy atom. The second kappa shape index (κ2) is 9.95. The molecule has 12 heteroatoms. The lowest BCUT2D eigenvalue weighted by Crippen LogP contribution is -2.40. The van der Waals surface area contributed by atoms with E-state index >= 15 is 4.39 Å². The SMILES string of the molecule is CN(C)S(=O)(=O)NC(=O)c1c(C2=CC=CCC2=O)c2c3occc3c(F)cc2n1Cc1cc2ccccc2nc1Cl. The summed E-state index contributed by atoms with van der Waals surface area (Å²) in [6.07, 6.45) is 6.27. The van der Waals surface area contributed by atoms with Crippen LogP contribution in [0.4, 0.5) is 4.39 Å². The number of hydrogen-bond donors (Lipinski definition) is 1. The third kappa shape index (κ3) is 4.51. The van der Waals surface area contributed by atoms with Gasteiger partial charge in [-0.25, -0.2) is 14.1 Å². The van der Waals surface area contributed by atoms with Crippen LogP contribution >= 0.6 is 11.6 Å². The number of amides is 1. The quantitative estimate of drug-likeness (QED) is 0.270. The molecule has 41 heavy (non-hydrogen) atoms. The molecule has 0 unspecified atom stereocenters. The number of halogens is 2. The molecule has 6 rings (SSSR count). The summed E-state index contributed by atoms with van der Waals surface area (Å²) in [5.74, 6) is -1.94. The molecular formula is C29H22ClFN4O5S. The first-order chi connectivity index (χ1) is 19.6. The molecule has 1 aliphatic carbocycles. The van der Waals surface area contributed by atoms with Gasteiger partial charge in [0.15, 0.2) is 5.78 Å². The minimum absolute atomic E-state index is 0.0679. The molecule has 1 aliphatic rings. The van der Waals surface area contributed by atoms with E-state index in [1.165, 1.54) is 37.1 Å². The van der Waals surface area contributed by atoms with Crippen LogP contribution in [0.3, 0.4) is 0 Å². The summed E-state index contributed by atoms with van der Waals surface area (Å²) in [4.78, 5) is 31.6. The van der Waals surface area contributed by atoms with Gasteiger partial charge in [-0.2, -0.15) is 12.7 Å². The smallest absolute Gasteiger partial charge is 0.303 e. The van der Waals surface area contributed by atoms with Crippen LogP contribution in [0.25, 0.3) is 38.3 Å².